The Bertz CT molecular complexity index is 565. The van der Waals surface area contributed by atoms with Crippen LogP contribution in [0.4, 0.5) is 10.5 Å². The summed E-state index contributed by atoms with van der Waals surface area (Å²) in [6, 6.07) is 7.86. The van der Waals surface area contributed by atoms with Crippen molar-refractivity contribution in [3.8, 4) is 0 Å². The molecule has 128 valence electrons. The number of carboxylic acid groups (broad SMARTS) is 1. The lowest BCUT2D eigenvalue weighted by molar-refractivity contribution is -0.0716. The molecular formula is C18H29N3O2. The highest BCUT2D eigenvalue weighted by atomic mass is 16.4. The van der Waals surface area contributed by atoms with Crippen LogP contribution in [0.25, 0.3) is 0 Å². The molecule has 1 aromatic rings. The summed E-state index contributed by atoms with van der Waals surface area (Å²) in [5.41, 5.74) is 7.12. The first-order valence-electron chi connectivity index (χ1n) is 8.13. The van der Waals surface area contributed by atoms with Crippen LogP contribution in [0.1, 0.15) is 40.2 Å². The highest BCUT2D eigenvalue weighted by Gasteiger charge is 2.50. The summed E-state index contributed by atoms with van der Waals surface area (Å²) in [6.45, 7) is 12.7. The Balaban J connectivity index is 2.26. The van der Waals surface area contributed by atoms with Crippen LogP contribution < -0.4 is 5.73 Å². The summed E-state index contributed by atoms with van der Waals surface area (Å²) in [6.07, 6.45) is -0.831. The van der Waals surface area contributed by atoms with E-state index in [9.17, 15) is 9.90 Å². The zero-order valence-corrected chi connectivity index (χ0v) is 14.8. The highest BCUT2D eigenvalue weighted by molar-refractivity contribution is 5.67. The number of anilines is 1. The largest absolute Gasteiger partial charge is 0.465 e. The van der Waals surface area contributed by atoms with E-state index in [4.69, 9.17) is 5.73 Å². The molecule has 0 aliphatic carbocycles. The molecule has 1 fully saturated rings. The van der Waals surface area contributed by atoms with Gasteiger partial charge in [0.25, 0.3) is 0 Å². The Morgan fingerprint density at radius 2 is 1.91 bits per heavy atom. The summed E-state index contributed by atoms with van der Waals surface area (Å²) < 4.78 is 0. The second-order valence-corrected chi connectivity index (χ2v) is 7.94. The van der Waals surface area contributed by atoms with Crippen LogP contribution in [-0.4, -0.2) is 45.7 Å². The Morgan fingerprint density at radius 1 is 1.35 bits per heavy atom. The first-order chi connectivity index (χ1) is 10.5. The Morgan fingerprint density at radius 3 is 2.39 bits per heavy atom. The number of hydrogen-bond donors (Lipinski definition) is 2. The van der Waals surface area contributed by atoms with Crippen LogP contribution in [-0.2, 0) is 6.54 Å². The van der Waals surface area contributed by atoms with Gasteiger partial charge >= 0.3 is 6.09 Å². The number of amides is 1. The van der Waals surface area contributed by atoms with Gasteiger partial charge in [0.2, 0.25) is 0 Å². The molecule has 5 heteroatoms. The number of nitrogens with two attached hydrogens (primary N) is 1. The quantitative estimate of drug-likeness (QED) is 0.821. The average Bonchev–Trinajstić information content (AvgIpc) is 2.39. The van der Waals surface area contributed by atoms with Crippen LogP contribution >= 0.6 is 0 Å². The molecule has 1 aromatic carbocycles. The third kappa shape index (κ3) is 3.44. The number of piperazine rings is 1. The summed E-state index contributed by atoms with van der Waals surface area (Å²) in [4.78, 5) is 15.8. The van der Waals surface area contributed by atoms with Crippen LogP contribution in [0, 0.1) is 5.41 Å². The molecule has 0 aromatic heterocycles. The highest BCUT2D eigenvalue weighted by Crippen LogP contribution is 2.40. The fourth-order valence-corrected chi connectivity index (χ4v) is 3.52. The van der Waals surface area contributed by atoms with Gasteiger partial charge in [-0.1, -0.05) is 32.9 Å². The van der Waals surface area contributed by atoms with Crippen LogP contribution in [0.5, 0.6) is 0 Å². The molecule has 1 amide bonds. The fraction of sp³-hybridized carbons (Fsp3) is 0.611. The molecule has 2 atom stereocenters. The zero-order chi connectivity index (χ0) is 17.4. The van der Waals surface area contributed by atoms with E-state index in [0.29, 0.717) is 0 Å². The summed E-state index contributed by atoms with van der Waals surface area (Å²) in [7, 11) is 0. The van der Waals surface area contributed by atoms with Crippen LogP contribution in [0.2, 0.25) is 0 Å². The molecule has 0 unspecified atom stereocenters. The van der Waals surface area contributed by atoms with Crippen molar-refractivity contribution in [2.45, 2.75) is 52.7 Å². The maximum absolute atomic E-state index is 11.8. The lowest BCUT2D eigenvalue weighted by Gasteiger charge is -2.57. The van der Waals surface area contributed by atoms with Gasteiger partial charge in [-0.25, -0.2) is 4.79 Å². The molecule has 5 nitrogen and oxygen atoms in total. The lowest BCUT2D eigenvalue weighted by atomic mass is 9.71. The van der Waals surface area contributed by atoms with E-state index in [1.807, 2.05) is 31.2 Å². The summed E-state index contributed by atoms with van der Waals surface area (Å²) in [5, 5.41) is 9.71. The van der Waals surface area contributed by atoms with E-state index in [1.54, 1.807) is 4.90 Å². The fourth-order valence-electron chi connectivity index (χ4n) is 3.52. The van der Waals surface area contributed by atoms with E-state index in [1.165, 1.54) is 5.56 Å². The minimum Gasteiger partial charge on any atom is -0.465 e. The molecule has 0 saturated carbocycles. The van der Waals surface area contributed by atoms with Crippen molar-refractivity contribution in [1.29, 1.82) is 0 Å². The third-order valence-corrected chi connectivity index (χ3v) is 5.23. The molecule has 2 rings (SSSR count). The van der Waals surface area contributed by atoms with Crippen molar-refractivity contribution in [3.05, 3.63) is 29.8 Å². The maximum atomic E-state index is 11.8. The number of benzene rings is 1. The number of nitrogens with zero attached hydrogens (tertiary/aromatic N) is 2. The van der Waals surface area contributed by atoms with Gasteiger partial charge in [-0.15, -0.1) is 0 Å². The number of nitrogen functional groups attached to an aromatic ring is 1. The van der Waals surface area contributed by atoms with Gasteiger partial charge < -0.3 is 10.8 Å². The molecule has 23 heavy (non-hydrogen) atoms. The zero-order valence-electron chi connectivity index (χ0n) is 14.8. The van der Waals surface area contributed by atoms with Crippen LogP contribution in [0.3, 0.4) is 0 Å². The topological polar surface area (TPSA) is 69.8 Å². The molecular weight excluding hydrogens is 290 g/mol. The monoisotopic (exact) mass is 319 g/mol. The molecule has 1 saturated heterocycles. The molecule has 0 bridgehead atoms. The first kappa shape index (κ1) is 17.6. The Hall–Kier alpha value is -1.75. The minimum atomic E-state index is -0.831. The number of hydrogen-bond acceptors (Lipinski definition) is 3. The molecule has 0 radical (unpaired) electrons. The van der Waals surface area contributed by atoms with Gasteiger partial charge in [0, 0.05) is 31.4 Å². The van der Waals surface area contributed by atoms with Crippen molar-refractivity contribution >= 4 is 11.8 Å². The van der Waals surface area contributed by atoms with Gasteiger partial charge in [0.1, 0.15) is 0 Å². The predicted molar refractivity (Wildman–Crippen MR) is 93.3 cm³/mol. The average molecular weight is 319 g/mol. The molecule has 3 N–H and O–H groups in total. The third-order valence-electron chi connectivity index (χ3n) is 5.23. The van der Waals surface area contributed by atoms with Gasteiger partial charge in [0.15, 0.2) is 0 Å². The Kier molecular flexibility index (Phi) is 4.62. The molecule has 1 aliphatic rings. The van der Waals surface area contributed by atoms with E-state index in [0.717, 1.165) is 25.3 Å². The first-order valence-corrected chi connectivity index (χ1v) is 8.13. The van der Waals surface area contributed by atoms with Gasteiger partial charge in [-0.3, -0.25) is 9.80 Å². The summed E-state index contributed by atoms with van der Waals surface area (Å²) in [5.74, 6) is 0. The van der Waals surface area contributed by atoms with Crippen molar-refractivity contribution in [2.75, 3.05) is 18.8 Å². The standard InChI is InChI=1S/C18H29N3O2/c1-13-10-20(11-14-6-8-15(19)9-7-14)12-18(5,17(2,3)4)21(13)16(22)23/h6-9,13H,10-12,19H2,1-5H3,(H,22,23)/t13-,18-/m0/s1. The second kappa shape index (κ2) is 6.04. The minimum absolute atomic E-state index is 0.0424. The summed E-state index contributed by atoms with van der Waals surface area (Å²) >= 11 is 0. The van der Waals surface area contributed by atoms with Crippen molar-refractivity contribution in [3.63, 3.8) is 0 Å². The van der Waals surface area contributed by atoms with Gasteiger partial charge in [0.05, 0.1) is 5.54 Å². The van der Waals surface area contributed by atoms with Crippen molar-refractivity contribution < 1.29 is 9.90 Å². The number of carbonyl (C=O) groups is 1. The van der Waals surface area contributed by atoms with Gasteiger partial charge in [-0.05, 0) is 37.0 Å². The van der Waals surface area contributed by atoms with Gasteiger partial charge in [-0.2, -0.15) is 0 Å². The number of rotatable bonds is 2. The normalized spacial score (nSPS) is 26.3. The van der Waals surface area contributed by atoms with E-state index < -0.39 is 11.6 Å². The molecule has 1 aliphatic heterocycles. The second-order valence-electron chi connectivity index (χ2n) is 7.94. The van der Waals surface area contributed by atoms with Crippen molar-refractivity contribution in [1.82, 2.24) is 9.80 Å². The van der Waals surface area contributed by atoms with Crippen LogP contribution in [0.15, 0.2) is 24.3 Å². The van der Waals surface area contributed by atoms with Crippen molar-refractivity contribution in [2.24, 2.45) is 5.41 Å². The predicted octanol–water partition coefficient (Wildman–Crippen LogP) is 3.26. The Labute approximate surface area is 139 Å². The SMILES string of the molecule is C[C@H]1CN(Cc2ccc(N)cc2)C[C@@](C)(C(C)(C)C)N1C(=O)O. The maximum Gasteiger partial charge on any atom is 0.408 e. The van der Waals surface area contributed by atoms with E-state index in [-0.39, 0.29) is 11.5 Å². The van der Waals surface area contributed by atoms with E-state index in [2.05, 4.69) is 32.6 Å². The van der Waals surface area contributed by atoms with E-state index >= 15 is 0 Å². The molecule has 1 heterocycles. The lowest BCUT2D eigenvalue weighted by Crippen LogP contribution is -2.70. The smallest absolute Gasteiger partial charge is 0.408 e. The molecule has 0 spiro atoms.